The first-order valence-electron chi connectivity index (χ1n) is 7.82. The molecule has 0 atom stereocenters. The number of pyridine rings is 1. The smallest absolute Gasteiger partial charge is 0.182 e. The lowest BCUT2D eigenvalue weighted by molar-refractivity contribution is 0.356. The minimum atomic E-state index is 0.165. The van der Waals surface area contributed by atoms with Gasteiger partial charge in [-0.25, -0.2) is 4.98 Å². The zero-order chi connectivity index (χ0) is 17.6. The number of para-hydroxylation sites is 1. The molecule has 126 valence electrons. The second-order valence-electron chi connectivity index (χ2n) is 5.78. The Morgan fingerprint density at radius 3 is 2.36 bits per heavy atom. The van der Waals surface area contributed by atoms with Crippen molar-refractivity contribution in [2.24, 2.45) is 0 Å². The standard InChI is InChI=1S/C19H17N3O3/c1-10-17-12-8-15(24-2)16(25-3)9-13(12)18(20-19(17)22-21-10)11-6-4-5-7-14(11)23/h4-9,23H,1-3H3,(H,20,21,22). The number of rotatable bonds is 3. The quantitative estimate of drug-likeness (QED) is 0.595. The van der Waals surface area contributed by atoms with Gasteiger partial charge in [0.25, 0.3) is 0 Å². The van der Waals surface area contributed by atoms with Crippen LogP contribution in [0.15, 0.2) is 36.4 Å². The molecule has 0 aliphatic heterocycles. The highest BCUT2D eigenvalue weighted by molar-refractivity contribution is 6.12. The molecule has 2 N–H and O–H groups in total. The number of aromatic nitrogens is 3. The van der Waals surface area contributed by atoms with Gasteiger partial charge in [0.1, 0.15) is 5.75 Å². The van der Waals surface area contributed by atoms with Crippen LogP contribution in [0.25, 0.3) is 33.1 Å². The topological polar surface area (TPSA) is 80.3 Å². The second-order valence-corrected chi connectivity index (χ2v) is 5.78. The van der Waals surface area contributed by atoms with Gasteiger partial charge in [0, 0.05) is 27.4 Å². The molecule has 25 heavy (non-hydrogen) atoms. The van der Waals surface area contributed by atoms with Gasteiger partial charge in [0.05, 0.1) is 19.9 Å². The van der Waals surface area contributed by atoms with Crippen LogP contribution in [0.3, 0.4) is 0 Å². The number of aromatic amines is 1. The van der Waals surface area contributed by atoms with Crippen LogP contribution in [0, 0.1) is 6.92 Å². The van der Waals surface area contributed by atoms with E-state index < -0.39 is 0 Å². The van der Waals surface area contributed by atoms with Crippen molar-refractivity contribution >= 4 is 21.8 Å². The van der Waals surface area contributed by atoms with Crippen molar-refractivity contribution < 1.29 is 14.6 Å². The Balaban J connectivity index is 2.20. The predicted octanol–water partition coefficient (Wildman–Crippen LogP) is 3.81. The van der Waals surface area contributed by atoms with Gasteiger partial charge in [-0.15, -0.1) is 0 Å². The minimum Gasteiger partial charge on any atom is -0.507 e. The first-order chi connectivity index (χ1) is 12.1. The Bertz CT molecular complexity index is 1100. The summed E-state index contributed by atoms with van der Waals surface area (Å²) >= 11 is 0. The maximum Gasteiger partial charge on any atom is 0.182 e. The monoisotopic (exact) mass is 335 g/mol. The summed E-state index contributed by atoms with van der Waals surface area (Å²) < 4.78 is 10.9. The molecule has 0 saturated carbocycles. The number of hydrogen-bond donors (Lipinski definition) is 2. The number of aromatic hydroxyl groups is 1. The van der Waals surface area contributed by atoms with E-state index in [9.17, 15) is 5.11 Å². The fourth-order valence-electron chi connectivity index (χ4n) is 3.15. The van der Waals surface area contributed by atoms with Crippen LogP contribution in [0.5, 0.6) is 17.2 Å². The summed E-state index contributed by atoms with van der Waals surface area (Å²) in [5.41, 5.74) is 2.80. The third kappa shape index (κ3) is 2.26. The van der Waals surface area contributed by atoms with E-state index in [1.54, 1.807) is 26.4 Å². The van der Waals surface area contributed by atoms with Crippen molar-refractivity contribution in [3.05, 3.63) is 42.1 Å². The number of benzene rings is 2. The number of nitrogens with one attached hydrogen (secondary N) is 1. The van der Waals surface area contributed by atoms with Gasteiger partial charge in [-0.2, -0.15) is 5.10 Å². The Morgan fingerprint density at radius 1 is 1.00 bits per heavy atom. The van der Waals surface area contributed by atoms with Crippen molar-refractivity contribution in [2.45, 2.75) is 6.92 Å². The number of phenolic OH excluding ortho intramolecular Hbond substituents is 1. The third-order valence-corrected chi connectivity index (χ3v) is 4.35. The summed E-state index contributed by atoms with van der Waals surface area (Å²) in [6.45, 7) is 1.95. The van der Waals surface area contributed by atoms with Gasteiger partial charge < -0.3 is 14.6 Å². The molecule has 0 bridgehead atoms. The molecule has 0 aliphatic rings. The molecule has 0 aliphatic carbocycles. The van der Waals surface area contributed by atoms with Crippen LogP contribution in [-0.2, 0) is 0 Å². The largest absolute Gasteiger partial charge is 0.507 e. The maximum atomic E-state index is 10.3. The third-order valence-electron chi connectivity index (χ3n) is 4.35. The molecule has 0 radical (unpaired) electrons. The molecule has 2 aromatic carbocycles. The number of hydrogen-bond acceptors (Lipinski definition) is 5. The predicted molar refractivity (Wildman–Crippen MR) is 96.3 cm³/mol. The fourth-order valence-corrected chi connectivity index (χ4v) is 3.15. The highest BCUT2D eigenvalue weighted by Gasteiger charge is 2.18. The molecule has 2 aromatic heterocycles. The summed E-state index contributed by atoms with van der Waals surface area (Å²) in [6, 6.07) is 10.9. The first kappa shape index (κ1) is 15.3. The van der Waals surface area contributed by atoms with Crippen molar-refractivity contribution in [3.63, 3.8) is 0 Å². The summed E-state index contributed by atoms with van der Waals surface area (Å²) in [5.74, 6) is 1.40. The number of H-pyrrole nitrogens is 1. The van der Waals surface area contributed by atoms with Crippen LogP contribution < -0.4 is 9.47 Å². The molecule has 0 saturated heterocycles. The number of ether oxygens (including phenoxy) is 2. The zero-order valence-corrected chi connectivity index (χ0v) is 14.1. The Hall–Kier alpha value is -3.28. The van der Waals surface area contributed by atoms with Crippen molar-refractivity contribution in [1.82, 2.24) is 15.2 Å². The Kier molecular flexibility index (Phi) is 3.46. The molecule has 6 nitrogen and oxygen atoms in total. The average Bonchev–Trinajstić information content (AvgIpc) is 3.01. The van der Waals surface area contributed by atoms with E-state index in [1.807, 2.05) is 31.2 Å². The van der Waals surface area contributed by atoms with Gasteiger partial charge in [-0.1, -0.05) is 12.1 Å². The molecular weight excluding hydrogens is 318 g/mol. The highest BCUT2D eigenvalue weighted by atomic mass is 16.5. The summed E-state index contributed by atoms with van der Waals surface area (Å²) in [4.78, 5) is 4.69. The van der Waals surface area contributed by atoms with Gasteiger partial charge >= 0.3 is 0 Å². The van der Waals surface area contributed by atoms with Crippen molar-refractivity contribution in [1.29, 1.82) is 0 Å². The molecule has 0 fully saturated rings. The zero-order valence-electron chi connectivity index (χ0n) is 14.1. The molecule has 0 amide bonds. The van der Waals surface area contributed by atoms with Gasteiger partial charge in [-0.3, -0.25) is 5.10 Å². The van der Waals surface area contributed by atoms with Gasteiger partial charge in [0.15, 0.2) is 17.1 Å². The van der Waals surface area contributed by atoms with Crippen LogP contribution in [0.4, 0.5) is 0 Å². The van der Waals surface area contributed by atoms with E-state index in [2.05, 4.69) is 15.2 Å². The van der Waals surface area contributed by atoms with E-state index in [4.69, 9.17) is 9.47 Å². The fraction of sp³-hybridized carbons (Fsp3) is 0.158. The van der Waals surface area contributed by atoms with Crippen molar-refractivity contribution in [3.8, 4) is 28.5 Å². The number of methoxy groups -OCH3 is 2. The van der Waals surface area contributed by atoms with Crippen LogP contribution in [0.2, 0.25) is 0 Å². The van der Waals surface area contributed by atoms with E-state index >= 15 is 0 Å². The van der Waals surface area contributed by atoms with Crippen molar-refractivity contribution in [2.75, 3.05) is 14.2 Å². The molecule has 4 aromatic rings. The molecule has 0 spiro atoms. The average molecular weight is 335 g/mol. The maximum absolute atomic E-state index is 10.3. The normalized spacial score (nSPS) is 11.2. The lowest BCUT2D eigenvalue weighted by Crippen LogP contribution is -1.94. The SMILES string of the molecule is COc1cc2c(-c3ccccc3O)nc3n[nH]c(C)c3c2cc1OC. The lowest BCUT2D eigenvalue weighted by Gasteiger charge is -2.13. The van der Waals surface area contributed by atoms with E-state index in [0.29, 0.717) is 28.4 Å². The van der Waals surface area contributed by atoms with Crippen LogP contribution >= 0.6 is 0 Å². The Morgan fingerprint density at radius 2 is 1.68 bits per heavy atom. The van der Waals surface area contributed by atoms with Gasteiger partial charge in [0.2, 0.25) is 0 Å². The van der Waals surface area contributed by atoms with E-state index in [-0.39, 0.29) is 5.75 Å². The lowest BCUT2D eigenvalue weighted by atomic mass is 10.00. The molecule has 0 unspecified atom stereocenters. The summed E-state index contributed by atoms with van der Waals surface area (Å²) in [7, 11) is 3.20. The highest BCUT2D eigenvalue weighted by Crippen LogP contribution is 2.41. The Labute approximate surface area is 144 Å². The van der Waals surface area contributed by atoms with Crippen LogP contribution in [0.1, 0.15) is 5.69 Å². The molecule has 4 rings (SSSR count). The summed E-state index contributed by atoms with van der Waals surface area (Å²) in [5, 5.41) is 20.3. The minimum absolute atomic E-state index is 0.165. The summed E-state index contributed by atoms with van der Waals surface area (Å²) in [6.07, 6.45) is 0. The molecule has 2 heterocycles. The first-order valence-corrected chi connectivity index (χ1v) is 7.82. The van der Waals surface area contributed by atoms with Gasteiger partial charge in [-0.05, 0) is 31.2 Å². The number of fused-ring (bicyclic) bond motifs is 3. The molecular formula is C19H17N3O3. The number of aryl methyl sites for hydroxylation is 1. The number of nitrogens with zero attached hydrogens (tertiary/aromatic N) is 2. The van der Waals surface area contributed by atoms with E-state index in [0.717, 1.165) is 21.9 Å². The number of phenols is 1. The molecule has 6 heteroatoms. The second kappa shape index (κ2) is 5.66. The van der Waals surface area contributed by atoms with E-state index in [1.165, 1.54) is 0 Å². The van der Waals surface area contributed by atoms with Crippen LogP contribution in [-0.4, -0.2) is 34.5 Å².